The van der Waals surface area contributed by atoms with E-state index in [4.69, 9.17) is 0 Å². The highest BCUT2D eigenvalue weighted by Crippen LogP contribution is 1.90. The van der Waals surface area contributed by atoms with Gasteiger partial charge in [-0.1, -0.05) is 76.3 Å². The number of ketones is 3. The molecule has 0 heterocycles. The normalized spacial score (nSPS) is 8.86. The van der Waals surface area contributed by atoms with Gasteiger partial charge in [0, 0.05) is 19.3 Å². The molecule has 0 saturated heterocycles. The fourth-order valence-electron chi connectivity index (χ4n) is 1.46. The third kappa shape index (κ3) is 98.0. The summed E-state index contributed by atoms with van der Waals surface area (Å²) in [7, 11) is 1.33. The van der Waals surface area contributed by atoms with Gasteiger partial charge in [0.1, 0.15) is 17.3 Å². The van der Waals surface area contributed by atoms with Crippen molar-refractivity contribution in [1.82, 2.24) is 0 Å². The number of carbonyl (C=O) groups excluding carboxylic acids is 4. The van der Waals surface area contributed by atoms with Crippen LogP contribution in [0.5, 0.6) is 0 Å². The van der Waals surface area contributed by atoms with E-state index >= 15 is 0 Å². The predicted octanol–water partition coefficient (Wildman–Crippen LogP) is 8.92. The first-order valence-electron chi connectivity index (χ1n) is 12.8. The third-order valence-corrected chi connectivity index (χ3v) is 3.25. The molecule has 0 unspecified atom stereocenters. The molecule has 0 aromatic heterocycles. The number of hydrogen-bond donors (Lipinski definition) is 0. The number of carbonyl (C=O) groups is 4. The Bertz CT molecular complexity index is 619. The van der Waals surface area contributed by atoms with Crippen molar-refractivity contribution in [3.05, 3.63) is 74.9 Å². The zero-order valence-corrected chi connectivity index (χ0v) is 25.1. The minimum atomic E-state index is -0.287. The van der Waals surface area contributed by atoms with Crippen LogP contribution in [0.1, 0.15) is 99.8 Å². The predicted molar refractivity (Wildman–Crippen MR) is 163 cm³/mol. The molecule has 0 bridgehead atoms. The molecule has 0 aromatic carbocycles. The van der Waals surface area contributed by atoms with E-state index in [9.17, 15) is 19.2 Å². The minimum absolute atomic E-state index is 0.0890. The van der Waals surface area contributed by atoms with E-state index < -0.39 is 0 Å². The Kier molecular flexibility index (Phi) is 63.6. The van der Waals surface area contributed by atoms with Gasteiger partial charge in [-0.05, 0) is 46.5 Å². The van der Waals surface area contributed by atoms with Gasteiger partial charge in [0.05, 0.1) is 13.5 Å². The Morgan fingerprint density at radius 2 is 0.838 bits per heavy atom. The molecule has 0 saturated carbocycles. The van der Waals surface area contributed by atoms with Gasteiger partial charge in [-0.2, -0.15) is 0 Å². The minimum Gasteiger partial charge on any atom is -0.469 e. The van der Waals surface area contributed by atoms with Crippen LogP contribution < -0.4 is 0 Å². The molecule has 0 amide bonds. The average molecular weight is 521 g/mol. The summed E-state index contributed by atoms with van der Waals surface area (Å²) >= 11 is 0. The third-order valence-electron chi connectivity index (χ3n) is 3.25. The van der Waals surface area contributed by atoms with Crippen LogP contribution in [0.15, 0.2) is 74.9 Å². The maximum Gasteiger partial charge on any atom is 0.309 e. The van der Waals surface area contributed by atoms with E-state index in [0.29, 0.717) is 19.3 Å². The standard InChI is InChI=1S/C8H12O3.C7H12O.C6H12.C5H8O.C4H8.C2H4/c1-7(9)5-3-4-6-8(10)11-2;1-3-4-5-6-7(2)8;1-3-5-6-4-2;1-3-4-5(2)6;1-3-4-2;1-2/h3-4H,5-6H2,1-2H3;4-5H,3,6H2,1-2H3;5-6H,3-4H2,1-2H3;3H,1,4H2,2H3;3H,1,4H2,2H3;1-2H2/b;5-4-;;;;. The van der Waals surface area contributed by atoms with Crippen LogP contribution in [0.4, 0.5) is 0 Å². The maximum atomic E-state index is 10.5. The fourth-order valence-corrected chi connectivity index (χ4v) is 1.46. The molecule has 0 spiro atoms. The SMILES string of the molecule is C=C.C=CCC.C=CCC(C)=O.CC/C=C\CC(C)=O.CCC=CCC.COC(=O)CC=CCC(C)=O. The highest BCUT2D eigenvalue weighted by Gasteiger charge is 1.93. The summed E-state index contributed by atoms with van der Waals surface area (Å²) < 4.78 is 4.38. The highest BCUT2D eigenvalue weighted by atomic mass is 16.5. The lowest BCUT2D eigenvalue weighted by atomic mass is 10.3. The van der Waals surface area contributed by atoms with Crippen LogP contribution in [-0.2, 0) is 23.9 Å². The maximum absolute atomic E-state index is 10.5. The average Bonchev–Trinajstić information content (AvgIpc) is 2.87. The van der Waals surface area contributed by atoms with E-state index in [0.717, 1.165) is 12.8 Å². The topological polar surface area (TPSA) is 77.5 Å². The summed E-state index contributed by atoms with van der Waals surface area (Å²) in [6.07, 6.45) is 21.2. The van der Waals surface area contributed by atoms with Crippen LogP contribution in [0.2, 0.25) is 0 Å². The number of rotatable bonds is 12. The number of allylic oxidation sites excluding steroid dienone is 7. The van der Waals surface area contributed by atoms with Gasteiger partial charge in [0.2, 0.25) is 0 Å². The molecule has 214 valence electrons. The van der Waals surface area contributed by atoms with Crippen LogP contribution in [0.3, 0.4) is 0 Å². The van der Waals surface area contributed by atoms with Gasteiger partial charge in [-0.3, -0.25) is 19.2 Å². The zero-order valence-electron chi connectivity index (χ0n) is 25.1. The molecule has 0 atom stereocenters. The second-order valence-corrected chi connectivity index (χ2v) is 7.12. The van der Waals surface area contributed by atoms with Gasteiger partial charge >= 0.3 is 5.97 Å². The van der Waals surface area contributed by atoms with Crippen molar-refractivity contribution in [3.63, 3.8) is 0 Å². The Hall–Kier alpha value is -3.08. The molecule has 37 heavy (non-hydrogen) atoms. The molecule has 0 fully saturated rings. The molecule has 0 aliphatic heterocycles. The van der Waals surface area contributed by atoms with Crippen molar-refractivity contribution in [3.8, 4) is 0 Å². The Labute approximate surface area is 229 Å². The molecule has 0 radical (unpaired) electrons. The Morgan fingerprint density at radius 3 is 1.05 bits per heavy atom. The first-order chi connectivity index (χ1) is 17.5. The summed E-state index contributed by atoms with van der Waals surface area (Å²) in [5.41, 5.74) is 0. The number of ether oxygens (including phenoxy) is 1. The second kappa shape index (κ2) is 49.9. The summed E-state index contributed by atoms with van der Waals surface area (Å²) in [6.45, 7) is 25.9. The van der Waals surface area contributed by atoms with E-state index in [-0.39, 0.29) is 29.7 Å². The lowest BCUT2D eigenvalue weighted by Gasteiger charge is -1.90. The first kappa shape index (κ1) is 47.2. The molecular formula is C32H56O5. The van der Waals surface area contributed by atoms with Crippen molar-refractivity contribution < 1.29 is 23.9 Å². The van der Waals surface area contributed by atoms with E-state index in [1.165, 1.54) is 26.9 Å². The molecule has 0 N–H and O–H groups in total. The number of hydrogen-bond acceptors (Lipinski definition) is 5. The van der Waals surface area contributed by atoms with E-state index in [1.54, 1.807) is 32.1 Å². The number of Topliss-reactive ketones (excluding diaryl/α,β-unsaturated/α-hetero) is 3. The van der Waals surface area contributed by atoms with Gasteiger partial charge < -0.3 is 4.74 Å². The van der Waals surface area contributed by atoms with Gasteiger partial charge in [-0.15, -0.1) is 26.3 Å². The van der Waals surface area contributed by atoms with Crippen molar-refractivity contribution in [2.24, 2.45) is 0 Å². The fraction of sp³-hybridized carbons (Fsp3) is 0.500. The van der Waals surface area contributed by atoms with E-state index in [2.05, 4.69) is 70.9 Å². The smallest absolute Gasteiger partial charge is 0.309 e. The molecule has 0 aromatic rings. The van der Waals surface area contributed by atoms with Crippen LogP contribution >= 0.6 is 0 Å². The molecule has 5 heteroatoms. The van der Waals surface area contributed by atoms with E-state index in [1.807, 2.05) is 18.2 Å². The van der Waals surface area contributed by atoms with Gasteiger partial charge in [-0.25, -0.2) is 0 Å². The lowest BCUT2D eigenvalue weighted by molar-refractivity contribution is -0.139. The number of methoxy groups -OCH3 is 1. The largest absolute Gasteiger partial charge is 0.469 e. The Balaban J connectivity index is -0.0000000828. The van der Waals surface area contributed by atoms with Crippen molar-refractivity contribution in [2.45, 2.75) is 99.8 Å². The van der Waals surface area contributed by atoms with Crippen molar-refractivity contribution in [1.29, 1.82) is 0 Å². The van der Waals surface area contributed by atoms with Crippen LogP contribution in [0, 0.1) is 0 Å². The molecule has 0 aliphatic rings. The lowest BCUT2D eigenvalue weighted by Crippen LogP contribution is -1.96. The van der Waals surface area contributed by atoms with Crippen molar-refractivity contribution >= 4 is 23.3 Å². The summed E-state index contributed by atoms with van der Waals surface area (Å²) in [5.74, 6) is 0.204. The first-order valence-corrected chi connectivity index (χ1v) is 12.8. The summed E-state index contributed by atoms with van der Waals surface area (Å²) in [6, 6.07) is 0. The number of esters is 1. The zero-order chi connectivity index (χ0) is 30.3. The van der Waals surface area contributed by atoms with Gasteiger partial charge in [0.25, 0.3) is 0 Å². The monoisotopic (exact) mass is 520 g/mol. The summed E-state index contributed by atoms with van der Waals surface area (Å²) in [4.78, 5) is 41.1. The Morgan fingerprint density at radius 1 is 0.541 bits per heavy atom. The summed E-state index contributed by atoms with van der Waals surface area (Å²) in [5, 5.41) is 0. The second-order valence-electron chi connectivity index (χ2n) is 7.12. The van der Waals surface area contributed by atoms with Crippen LogP contribution in [0.25, 0.3) is 0 Å². The molecule has 0 aliphatic carbocycles. The van der Waals surface area contributed by atoms with Crippen molar-refractivity contribution in [2.75, 3.05) is 7.11 Å². The highest BCUT2D eigenvalue weighted by molar-refractivity contribution is 5.77. The van der Waals surface area contributed by atoms with Gasteiger partial charge in [0.15, 0.2) is 0 Å². The molecule has 5 nitrogen and oxygen atoms in total. The molecule has 0 rings (SSSR count). The molecular weight excluding hydrogens is 464 g/mol. The van der Waals surface area contributed by atoms with Crippen LogP contribution in [-0.4, -0.2) is 30.4 Å². The quantitative estimate of drug-likeness (QED) is 0.190.